The largest absolute Gasteiger partial charge is 0.327 e. The molecule has 3 atom stereocenters. The van der Waals surface area contributed by atoms with E-state index in [4.69, 9.17) is 5.73 Å². The Hall–Kier alpha value is -0.940. The van der Waals surface area contributed by atoms with E-state index in [2.05, 4.69) is 40.4 Å². The number of fused-ring (bicyclic) bond motifs is 1. The first-order valence-corrected chi connectivity index (χ1v) is 7.83. The van der Waals surface area contributed by atoms with E-state index >= 15 is 0 Å². The maximum Gasteiger partial charge on any atom is 0.147 e. The normalized spacial score (nSPS) is 33.9. The highest BCUT2D eigenvalue weighted by atomic mass is 15.3. The molecular formula is C15H27N5. The lowest BCUT2D eigenvalue weighted by Gasteiger charge is -2.48. The summed E-state index contributed by atoms with van der Waals surface area (Å²) in [5.74, 6) is 2.43. The van der Waals surface area contributed by atoms with Crippen LogP contribution >= 0.6 is 0 Å². The molecule has 5 heteroatoms. The first-order valence-electron chi connectivity index (χ1n) is 7.83. The Bertz CT molecular complexity index is 467. The van der Waals surface area contributed by atoms with Gasteiger partial charge in [-0.1, -0.05) is 20.8 Å². The third kappa shape index (κ3) is 2.37. The molecule has 2 aliphatic rings. The van der Waals surface area contributed by atoms with Crippen molar-refractivity contribution in [2.45, 2.75) is 52.7 Å². The van der Waals surface area contributed by atoms with Crippen molar-refractivity contribution in [3.05, 3.63) is 12.2 Å². The molecule has 1 aromatic rings. The van der Waals surface area contributed by atoms with Gasteiger partial charge in [0.2, 0.25) is 0 Å². The van der Waals surface area contributed by atoms with Crippen molar-refractivity contribution >= 4 is 0 Å². The zero-order valence-corrected chi connectivity index (χ0v) is 12.9. The Balaban J connectivity index is 1.66. The van der Waals surface area contributed by atoms with Crippen LogP contribution in [0.4, 0.5) is 0 Å². The lowest BCUT2D eigenvalue weighted by atomic mass is 9.61. The first kappa shape index (κ1) is 14.0. The molecule has 1 aromatic heterocycles. The third-order valence-electron chi connectivity index (χ3n) is 5.91. The summed E-state index contributed by atoms with van der Waals surface area (Å²) in [6.45, 7) is 11.3. The van der Waals surface area contributed by atoms with Gasteiger partial charge in [-0.25, -0.2) is 0 Å². The monoisotopic (exact) mass is 277 g/mol. The van der Waals surface area contributed by atoms with Crippen LogP contribution in [0, 0.1) is 17.3 Å². The second kappa shape index (κ2) is 5.11. The molecule has 2 heterocycles. The van der Waals surface area contributed by atoms with Gasteiger partial charge in [-0.2, -0.15) is 0 Å². The number of nitrogens with two attached hydrogens (primary N) is 1. The minimum atomic E-state index is 0.322. The second-order valence-corrected chi connectivity index (χ2v) is 7.22. The molecule has 0 bridgehead atoms. The molecule has 2 N–H and O–H groups in total. The zero-order valence-electron chi connectivity index (χ0n) is 12.9. The maximum atomic E-state index is 6.26. The molecule has 112 valence electrons. The predicted octanol–water partition coefficient (Wildman–Crippen LogP) is 1.49. The van der Waals surface area contributed by atoms with Gasteiger partial charge in [0.25, 0.3) is 0 Å². The van der Waals surface area contributed by atoms with E-state index in [0.717, 1.165) is 37.9 Å². The molecule has 0 radical (unpaired) electrons. The smallest absolute Gasteiger partial charge is 0.147 e. The van der Waals surface area contributed by atoms with Gasteiger partial charge in [0.05, 0.1) is 6.54 Å². The van der Waals surface area contributed by atoms with Crippen molar-refractivity contribution in [1.29, 1.82) is 0 Å². The van der Waals surface area contributed by atoms with Gasteiger partial charge in [-0.3, -0.25) is 4.90 Å². The highest BCUT2D eigenvalue weighted by Crippen LogP contribution is 2.44. The van der Waals surface area contributed by atoms with Crippen LogP contribution in [0.3, 0.4) is 0 Å². The van der Waals surface area contributed by atoms with Crippen LogP contribution in [-0.4, -0.2) is 38.8 Å². The molecule has 0 aromatic carbocycles. The molecule has 1 fully saturated rings. The highest BCUT2D eigenvalue weighted by Gasteiger charge is 2.42. The van der Waals surface area contributed by atoms with E-state index in [0.29, 0.717) is 17.4 Å². The fourth-order valence-corrected chi connectivity index (χ4v) is 3.85. The van der Waals surface area contributed by atoms with Crippen molar-refractivity contribution in [1.82, 2.24) is 19.7 Å². The minimum absolute atomic E-state index is 0.322. The molecule has 1 saturated carbocycles. The van der Waals surface area contributed by atoms with Crippen molar-refractivity contribution in [3.8, 4) is 0 Å². The van der Waals surface area contributed by atoms with Gasteiger partial charge in [0.15, 0.2) is 0 Å². The summed E-state index contributed by atoms with van der Waals surface area (Å²) in [6, 6.07) is 0.366. The van der Waals surface area contributed by atoms with Gasteiger partial charge in [0, 0.05) is 25.7 Å². The van der Waals surface area contributed by atoms with Gasteiger partial charge in [0.1, 0.15) is 12.2 Å². The molecule has 3 unspecified atom stereocenters. The summed E-state index contributed by atoms with van der Waals surface area (Å²) < 4.78 is 2.17. The zero-order chi connectivity index (χ0) is 14.3. The number of aromatic nitrogens is 3. The quantitative estimate of drug-likeness (QED) is 0.890. The van der Waals surface area contributed by atoms with Gasteiger partial charge < -0.3 is 10.3 Å². The fourth-order valence-electron chi connectivity index (χ4n) is 3.85. The van der Waals surface area contributed by atoms with E-state index in [1.165, 1.54) is 12.8 Å². The second-order valence-electron chi connectivity index (χ2n) is 7.22. The van der Waals surface area contributed by atoms with E-state index in [1.807, 2.05) is 6.33 Å². The topological polar surface area (TPSA) is 60.0 Å². The molecule has 0 amide bonds. The number of hydrogen-bond acceptors (Lipinski definition) is 4. The molecule has 20 heavy (non-hydrogen) atoms. The minimum Gasteiger partial charge on any atom is -0.327 e. The summed E-state index contributed by atoms with van der Waals surface area (Å²) >= 11 is 0. The molecule has 1 aliphatic heterocycles. The Morgan fingerprint density at radius 3 is 2.95 bits per heavy atom. The third-order valence-corrected chi connectivity index (χ3v) is 5.91. The summed E-state index contributed by atoms with van der Waals surface area (Å²) in [7, 11) is 0. The summed E-state index contributed by atoms with van der Waals surface area (Å²) in [6.07, 6.45) is 4.26. The van der Waals surface area contributed by atoms with Crippen LogP contribution < -0.4 is 5.73 Å². The van der Waals surface area contributed by atoms with E-state index in [9.17, 15) is 0 Å². The molecule has 1 aliphatic carbocycles. The molecular weight excluding hydrogens is 250 g/mol. The SMILES string of the molecule is CC1C(N)CCC(CN2CCn3cnnc3C2)C1(C)C. The van der Waals surface area contributed by atoms with E-state index in [-0.39, 0.29) is 0 Å². The van der Waals surface area contributed by atoms with Crippen LogP contribution in [0.1, 0.15) is 39.4 Å². The van der Waals surface area contributed by atoms with Gasteiger partial charge in [-0.05, 0) is 30.1 Å². The van der Waals surface area contributed by atoms with Crippen LogP contribution in [0.5, 0.6) is 0 Å². The van der Waals surface area contributed by atoms with Crippen LogP contribution in [-0.2, 0) is 13.1 Å². The lowest BCUT2D eigenvalue weighted by Crippen LogP contribution is -2.50. The average Bonchev–Trinajstić information content (AvgIpc) is 2.87. The molecule has 5 nitrogen and oxygen atoms in total. The van der Waals surface area contributed by atoms with E-state index in [1.54, 1.807) is 0 Å². The fraction of sp³-hybridized carbons (Fsp3) is 0.867. The maximum absolute atomic E-state index is 6.26. The lowest BCUT2D eigenvalue weighted by molar-refractivity contribution is 0.0224. The summed E-state index contributed by atoms with van der Waals surface area (Å²) in [5, 5.41) is 8.22. The number of hydrogen-bond donors (Lipinski definition) is 1. The molecule has 0 spiro atoms. The molecule has 3 rings (SSSR count). The van der Waals surface area contributed by atoms with Crippen molar-refractivity contribution in [2.75, 3.05) is 13.1 Å². The molecule has 0 saturated heterocycles. The average molecular weight is 277 g/mol. The standard InChI is InChI=1S/C15H27N5/c1-11-13(16)5-4-12(15(11,2)3)8-19-6-7-20-10-17-18-14(20)9-19/h10-13H,4-9,16H2,1-3H3. The summed E-state index contributed by atoms with van der Waals surface area (Å²) in [4.78, 5) is 2.54. The Morgan fingerprint density at radius 2 is 2.15 bits per heavy atom. The number of rotatable bonds is 2. The van der Waals surface area contributed by atoms with Gasteiger partial charge >= 0.3 is 0 Å². The Labute approximate surface area is 121 Å². The Kier molecular flexibility index (Phi) is 3.58. The Morgan fingerprint density at radius 1 is 1.35 bits per heavy atom. The van der Waals surface area contributed by atoms with E-state index < -0.39 is 0 Å². The van der Waals surface area contributed by atoms with Crippen LogP contribution in [0.25, 0.3) is 0 Å². The first-order chi connectivity index (χ1) is 9.48. The van der Waals surface area contributed by atoms with Crippen molar-refractivity contribution < 1.29 is 0 Å². The summed E-state index contributed by atoms with van der Waals surface area (Å²) in [5.41, 5.74) is 6.59. The van der Waals surface area contributed by atoms with Crippen molar-refractivity contribution in [3.63, 3.8) is 0 Å². The number of nitrogens with zero attached hydrogens (tertiary/aromatic N) is 4. The predicted molar refractivity (Wildman–Crippen MR) is 78.9 cm³/mol. The van der Waals surface area contributed by atoms with Gasteiger partial charge in [-0.15, -0.1) is 10.2 Å². The highest BCUT2D eigenvalue weighted by molar-refractivity contribution is 4.96. The van der Waals surface area contributed by atoms with Crippen molar-refractivity contribution in [2.24, 2.45) is 23.0 Å². The van der Waals surface area contributed by atoms with Crippen LogP contribution in [0.15, 0.2) is 6.33 Å². The van der Waals surface area contributed by atoms with Crippen LogP contribution in [0.2, 0.25) is 0 Å².